The minimum Gasteiger partial charge on any atom is -0.495 e. The summed E-state index contributed by atoms with van der Waals surface area (Å²) in [4.78, 5) is 9.28. The number of hydrogen-bond acceptors (Lipinski definition) is 3. The quantitative estimate of drug-likeness (QED) is 0.749. The first kappa shape index (κ1) is 14.0. The minimum atomic E-state index is 0.168. The van der Waals surface area contributed by atoms with Crippen LogP contribution in [0, 0.1) is 5.92 Å². The molecule has 0 N–H and O–H groups in total. The molecular weight excluding hydrogens is 319 g/mol. The molecule has 0 saturated heterocycles. The van der Waals surface area contributed by atoms with E-state index >= 15 is 0 Å². The number of rotatable bonds is 1. The summed E-state index contributed by atoms with van der Waals surface area (Å²) < 4.78 is 5.42. The summed E-state index contributed by atoms with van der Waals surface area (Å²) in [6, 6.07) is 5.85. The van der Waals surface area contributed by atoms with Crippen LogP contribution in [-0.4, -0.2) is 25.1 Å². The van der Waals surface area contributed by atoms with E-state index in [1.165, 1.54) is 11.3 Å². The minimum absolute atomic E-state index is 0.168. The lowest BCUT2D eigenvalue weighted by molar-refractivity contribution is 0.270. The van der Waals surface area contributed by atoms with Gasteiger partial charge in [0.25, 0.3) is 0 Å². The topological polar surface area (TPSA) is 34.0 Å². The Morgan fingerprint density at radius 1 is 1.18 bits per heavy atom. The second-order valence-electron chi connectivity index (χ2n) is 5.60. The van der Waals surface area contributed by atoms with Gasteiger partial charge in [-0.1, -0.05) is 29.3 Å². The number of hydrogen-bond donors (Lipinski definition) is 0. The predicted octanol–water partition coefficient (Wildman–Crippen LogP) is 4.42. The Labute approximate surface area is 139 Å². The van der Waals surface area contributed by atoms with E-state index in [4.69, 9.17) is 32.9 Å². The van der Waals surface area contributed by atoms with Gasteiger partial charge in [-0.05, 0) is 29.3 Å². The van der Waals surface area contributed by atoms with Crippen LogP contribution in [0.2, 0.25) is 10.0 Å². The second kappa shape index (κ2) is 5.56. The van der Waals surface area contributed by atoms with Crippen molar-refractivity contribution in [3.8, 4) is 0 Å². The van der Waals surface area contributed by atoms with Crippen LogP contribution in [-0.2, 0) is 4.74 Å². The molecule has 22 heavy (non-hydrogen) atoms. The van der Waals surface area contributed by atoms with Gasteiger partial charge in [0.1, 0.15) is 6.61 Å². The smallest absolute Gasteiger partial charge is 0.130 e. The molecule has 0 aliphatic carbocycles. The van der Waals surface area contributed by atoms with E-state index in [2.05, 4.69) is 4.99 Å². The molecule has 2 atom stereocenters. The zero-order valence-corrected chi connectivity index (χ0v) is 13.3. The Morgan fingerprint density at radius 3 is 2.95 bits per heavy atom. The van der Waals surface area contributed by atoms with Crippen molar-refractivity contribution < 1.29 is 4.74 Å². The Balaban J connectivity index is 1.86. The molecule has 3 heterocycles. The van der Waals surface area contributed by atoms with Gasteiger partial charge >= 0.3 is 0 Å². The fourth-order valence-electron chi connectivity index (χ4n) is 3.30. The lowest BCUT2D eigenvalue weighted by Gasteiger charge is -2.35. The summed E-state index contributed by atoms with van der Waals surface area (Å²) in [5.74, 6) is 0.356. The zero-order chi connectivity index (χ0) is 15.1. The maximum atomic E-state index is 6.23. The molecule has 0 spiro atoms. The molecule has 3 aliphatic rings. The third-order valence-electron chi connectivity index (χ3n) is 4.32. The maximum Gasteiger partial charge on any atom is 0.130 e. The van der Waals surface area contributed by atoms with E-state index in [9.17, 15) is 0 Å². The Bertz CT molecular complexity index is 749. The SMILES string of the molecule is Clc1ccc(C2C3=C(COC=C3)N=C3CCN=CC32)cc1Cl. The first-order valence-electron chi connectivity index (χ1n) is 7.27. The van der Waals surface area contributed by atoms with Crippen LogP contribution in [0.3, 0.4) is 0 Å². The Hall–Kier alpha value is -1.58. The van der Waals surface area contributed by atoms with Crippen LogP contribution in [0.4, 0.5) is 0 Å². The molecule has 3 nitrogen and oxygen atoms in total. The third kappa shape index (κ3) is 2.29. The van der Waals surface area contributed by atoms with Crippen molar-refractivity contribution in [1.29, 1.82) is 0 Å². The maximum absolute atomic E-state index is 6.23. The standard InChI is InChI=1S/C17H14Cl2N2O/c18-13-2-1-10(7-14(13)19)17-11-4-6-22-9-16(11)21-15-3-5-20-8-12(15)17/h1-2,4,6-8,12,17H,3,5,9H2. The molecule has 4 rings (SSSR count). The molecule has 0 aromatic heterocycles. The normalized spacial score (nSPS) is 26.2. The van der Waals surface area contributed by atoms with Crippen molar-refractivity contribution in [2.75, 3.05) is 13.2 Å². The van der Waals surface area contributed by atoms with Crippen LogP contribution in [0.25, 0.3) is 0 Å². The molecule has 0 bridgehead atoms. The van der Waals surface area contributed by atoms with Crippen molar-refractivity contribution in [1.82, 2.24) is 0 Å². The highest BCUT2D eigenvalue weighted by Crippen LogP contribution is 2.42. The summed E-state index contributed by atoms with van der Waals surface area (Å²) in [6.07, 6.45) is 6.68. The van der Waals surface area contributed by atoms with E-state index in [0.717, 1.165) is 24.2 Å². The second-order valence-corrected chi connectivity index (χ2v) is 6.42. The number of aliphatic imine (C=N–C) groups is 2. The number of allylic oxidation sites excluding steroid dienone is 2. The molecule has 0 amide bonds. The molecule has 1 aromatic rings. The average molecular weight is 333 g/mol. The molecule has 0 radical (unpaired) electrons. The van der Waals surface area contributed by atoms with Gasteiger partial charge in [-0.15, -0.1) is 0 Å². The first-order valence-corrected chi connectivity index (χ1v) is 8.03. The molecule has 5 heteroatoms. The molecule has 112 valence electrons. The van der Waals surface area contributed by atoms with Crippen LogP contribution in [0.1, 0.15) is 17.9 Å². The van der Waals surface area contributed by atoms with Gasteiger partial charge in [-0.25, -0.2) is 0 Å². The number of nitrogens with zero attached hydrogens (tertiary/aromatic N) is 2. The van der Waals surface area contributed by atoms with Gasteiger partial charge < -0.3 is 4.74 Å². The summed E-state index contributed by atoms with van der Waals surface area (Å²) in [7, 11) is 0. The first-order chi connectivity index (χ1) is 10.7. The fraction of sp³-hybridized carbons (Fsp3) is 0.294. The van der Waals surface area contributed by atoms with Crippen molar-refractivity contribution in [2.45, 2.75) is 12.3 Å². The van der Waals surface area contributed by atoms with Gasteiger partial charge in [0.2, 0.25) is 0 Å². The van der Waals surface area contributed by atoms with Crippen LogP contribution < -0.4 is 0 Å². The van der Waals surface area contributed by atoms with E-state index in [1.807, 2.05) is 30.5 Å². The van der Waals surface area contributed by atoms with Crippen LogP contribution in [0.5, 0.6) is 0 Å². The van der Waals surface area contributed by atoms with Gasteiger partial charge in [0.15, 0.2) is 0 Å². The largest absolute Gasteiger partial charge is 0.495 e. The average Bonchev–Trinajstić information content (AvgIpc) is 2.55. The third-order valence-corrected chi connectivity index (χ3v) is 5.06. The number of halogens is 2. The predicted molar refractivity (Wildman–Crippen MR) is 90.2 cm³/mol. The molecule has 0 saturated carbocycles. The van der Waals surface area contributed by atoms with Crippen LogP contribution in [0.15, 0.2) is 51.8 Å². The summed E-state index contributed by atoms with van der Waals surface area (Å²) in [6.45, 7) is 1.33. The number of fused-ring (bicyclic) bond motifs is 1. The lowest BCUT2D eigenvalue weighted by Crippen LogP contribution is -2.33. The Kier molecular flexibility index (Phi) is 3.55. The summed E-state index contributed by atoms with van der Waals surface area (Å²) in [5, 5.41) is 1.15. The fourth-order valence-corrected chi connectivity index (χ4v) is 3.60. The molecule has 2 unspecified atom stereocenters. The van der Waals surface area contributed by atoms with Gasteiger partial charge in [0.05, 0.1) is 22.0 Å². The molecule has 0 fully saturated rings. The highest BCUT2D eigenvalue weighted by molar-refractivity contribution is 6.42. The molecule has 3 aliphatic heterocycles. The van der Waals surface area contributed by atoms with E-state index in [0.29, 0.717) is 16.7 Å². The lowest BCUT2D eigenvalue weighted by atomic mass is 9.74. The molecule has 1 aromatic carbocycles. The van der Waals surface area contributed by atoms with Gasteiger partial charge in [0, 0.05) is 36.7 Å². The number of benzene rings is 1. The summed E-state index contributed by atoms with van der Waals surface area (Å²) in [5.41, 5.74) is 4.52. The highest BCUT2D eigenvalue weighted by atomic mass is 35.5. The summed E-state index contributed by atoms with van der Waals surface area (Å²) >= 11 is 12.3. The van der Waals surface area contributed by atoms with Crippen molar-refractivity contribution in [3.05, 3.63) is 57.4 Å². The van der Waals surface area contributed by atoms with Crippen molar-refractivity contribution in [2.24, 2.45) is 15.9 Å². The van der Waals surface area contributed by atoms with Crippen molar-refractivity contribution >= 4 is 35.1 Å². The van der Waals surface area contributed by atoms with E-state index in [1.54, 1.807) is 6.26 Å². The van der Waals surface area contributed by atoms with E-state index in [-0.39, 0.29) is 11.8 Å². The van der Waals surface area contributed by atoms with Gasteiger partial charge in [-0.2, -0.15) is 0 Å². The van der Waals surface area contributed by atoms with Crippen LogP contribution >= 0.6 is 23.2 Å². The Morgan fingerprint density at radius 2 is 2.09 bits per heavy atom. The van der Waals surface area contributed by atoms with Crippen molar-refractivity contribution in [3.63, 3.8) is 0 Å². The van der Waals surface area contributed by atoms with Gasteiger partial charge in [-0.3, -0.25) is 9.98 Å². The van der Waals surface area contributed by atoms with E-state index < -0.39 is 0 Å². The monoisotopic (exact) mass is 332 g/mol. The molecular formula is C17H14Cl2N2O. The highest BCUT2D eigenvalue weighted by Gasteiger charge is 2.36. The zero-order valence-electron chi connectivity index (χ0n) is 11.8. The number of ether oxygens (including phenoxy) is 1.